The van der Waals surface area contributed by atoms with Crippen molar-refractivity contribution in [1.82, 2.24) is 9.97 Å². The minimum absolute atomic E-state index is 0.113. The summed E-state index contributed by atoms with van der Waals surface area (Å²) >= 11 is 0. The SMILES string of the molecule is Cc1nccc(Oc2cc(=O)c3ccccc3o2)n1. The highest BCUT2D eigenvalue weighted by Crippen LogP contribution is 2.21. The molecule has 0 unspecified atom stereocenters. The van der Waals surface area contributed by atoms with Gasteiger partial charge in [-0.15, -0.1) is 0 Å². The molecule has 0 radical (unpaired) electrons. The van der Waals surface area contributed by atoms with Gasteiger partial charge in [-0.25, -0.2) is 4.98 Å². The number of para-hydroxylation sites is 1. The molecule has 0 aliphatic carbocycles. The fraction of sp³-hybridized carbons (Fsp3) is 0.0714. The van der Waals surface area contributed by atoms with Gasteiger partial charge >= 0.3 is 0 Å². The quantitative estimate of drug-likeness (QED) is 0.703. The third-order valence-electron chi connectivity index (χ3n) is 2.57. The monoisotopic (exact) mass is 254 g/mol. The summed E-state index contributed by atoms with van der Waals surface area (Å²) in [4.78, 5) is 19.9. The summed E-state index contributed by atoms with van der Waals surface area (Å²) in [6.07, 6.45) is 1.58. The zero-order valence-corrected chi connectivity index (χ0v) is 10.2. The highest BCUT2D eigenvalue weighted by Gasteiger charge is 2.06. The highest BCUT2D eigenvalue weighted by atomic mass is 16.6. The normalized spacial score (nSPS) is 10.6. The Hall–Kier alpha value is -2.69. The Balaban J connectivity index is 2.04. The Morgan fingerprint density at radius 1 is 1.21 bits per heavy atom. The van der Waals surface area contributed by atoms with Crippen LogP contribution in [0.5, 0.6) is 11.8 Å². The third kappa shape index (κ3) is 2.30. The standard InChI is InChI=1S/C14H10N2O3/c1-9-15-7-6-13(16-9)19-14-8-11(17)10-4-2-3-5-12(10)18-14/h2-8H,1H3. The van der Waals surface area contributed by atoms with Gasteiger partial charge in [0, 0.05) is 12.3 Å². The van der Waals surface area contributed by atoms with Gasteiger partial charge in [-0.2, -0.15) is 4.98 Å². The van der Waals surface area contributed by atoms with E-state index in [2.05, 4.69) is 9.97 Å². The van der Waals surface area contributed by atoms with Crippen molar-refractivity contribution in [2.24, 2.45) is 0 Å². The summed E-state index contributed by atoms with van der Waals surface area (Å²) in [7, 11) is 0. The predicted octanol–water partition coefficient (Wildman–Crippen LogP) is 2.68. The van der Waals surface area contributed by atoms with Crippen molar-refractivity contribution in [2.75, 3.05) is 0 Å². The molecule has 0 amide bonds. The molecule has 0 aliphatic rings. The Kier molecular flexibility index (Phi) is 2.72. The van der Waals surface area contributed by atoms with E-state index in [1.54, 1.807) is 43.5 Å². The van der Waals surface area contributed by atoms with Crippen LogP contribution in [-0.2, 0) is 0 Å². The van der Waals surface area contributed by atoms with Crippen LogP contribution in [0, 0.1) is 6.92 Å². The van der Waals surface area contributed by atoms with E-state index < -0.39 is 0 Å². The van der Waals surface area contributed by atoms with Gasteiger partial charge in [0.15, 0.2) is 5.43 Å². The molecule has 0 fully saturated rings. The summed E-state index contributed by atoms with van der Waals surface area (Å²) < 4.78 is 10.9. The molecule has 0 N–H and O–H groups in total. The molecule has 0 aliphatic heterocycles. The van der Waals surface area contributed by atoms with E-state index in [0.717, 1.165) is 0 Å². The van der Waals surface area contributed by atoms with E-state index >= 15 is 0 Å². The molecule has 0 atom stereocenters. The van der Waals surface area contributed by atoms with E-state index in [4.69, 9.17) is 9.15 Å². The van der Waals surface area contributed by atoms with Crippen molar-refractivity contribution in [1.29, 1.82) is 0 Å². The molecule has 3 aromatic rings. The van der Waals surface area contributed by atoms with Gasteiger partial charge < -0.3 is 9.15 Å². The zero-order valence-electron chi connectivity index (χ0n) is 10.2. The van der Waals surface area contributed by atoms with Crippen LogP contribution in [0.1, 0.15) is 5.82 Å². The molecule has 94 valence electrons. The van der Waals surface area contributed by atoms with Crippen molar-refractivity contribution < 1.29 is 9.15 Å². The summed E-state index contributed by atoms with van der Waals surface area (Å²) in [5.74, 6) is 1.04. The largest absolute Gasteiger partial charge is 0.425 e. The first-order chi connectivity index (χ1) is 9.22. The molecule has 19 heavy (non-hydrogen) atoms. The molecular formula is C14H10N2O3. The van der Waals surface area contributed by atoms with E-state index in [1.807, 2.05) is 0 Å². The van der Waals surface area contributed by atoms with Gasteiger partial charge in [-0.1, -0.05) is 12.1 Å². The van der Waals surface area contributed by atoms with Crippen molar-refractivity contribution in [2.45, 2.75) is 6.92 Å². The average molecular weight is 254 g/mol. The van der Waals surface area contributed by atoms with Crippen LogP contribution in [0.25, 0.3) is 11.0 Å². The molecule has 2 aromatic heterocycles. The summed E-state index contributed by atoms with van der Waals surface area (Å²) in [5.41, 5.74) is 0.332. The lowest BCUT2D eigenvalue weighted by atomic mass is 10.2. The number of nitrogens with zero attached hydrogens (tertiary/aromatic N) is 2. The van der Waals surface area contributed by atoms with Crippen LogP contribution in [0.3, 0.4) is 0 Å². The maximum atomic E-state index is 11.9. The second-order valence-corrected chi connectivity index (χ2v) is 3.97. The topological polar surface area (TPSA) is 65.2 Å². The third-order valence-corrected chi connectivity index (χ3v) is 2.57. The van der Waals surface area contributed by atoms with Crippen molar-refractivity contribution in [3.05, 3.63) is 58.6 Å². The fourth-order valence-electron chi connectivity index (χ4n) is 1.73. The van der Waals surface area contributed by atoms with Crippen LogP contribution in [0.4, 0.5) is 0 Å². The first kappa shape index (κ1) is 11.4. The van der Waals surface area contributed by atoms with E-state index in [9.17, 15) is 4.79 Å². The molecule has 0 bridgehead atoms. The van der Waals surface area contributed by atoms with Gasteiger partial charge in [0.1, 0.15) is 11.4 Å². The fourth-order valence-corrected chi connectivity index (χ4v) is 1.73. The number of fused-ring (bicyclic) bond motifs is 1. The molecule has 0 saturated heterocycles. The van der Waals surface area contributed by atoms with Crippen molar-refractivity contribution in [3.63, 3.8) is 0 Å². The Morgan fingerprint density at radius 2 is 2.05 bits per heavy atom. The van der Waals surface area contributed by atoms with Gasteiger partial charge in [-0.3, -0.25) is 4.79 Å². The van der Waals surface area contributed by atoms with E-state index in [0.29, 0.717) is 22.7 Å². The maximum Gasteiger partial charge on any atom is 0.295 e. The van der Waals surface area contributed by atoms with Crippen LogP contribution in [0.2, 0.25) is 0 Å². The summed E-state index contributed by atoms with van der Waals surface area (Å²) in [5, 5.41) is 0.522. The minimum atomic E-state index is -0.150. The molecular weight excluding hydrogens is 244 g/mol. The van der Waals surface area contributed by atoms with Crippen LogP contribution in [0.15, 0.2) is 51.8 Å². The first-order valence-corrected chi connectivity index (χ1v) is 5.73. The molecule has 1 aromatic carbocycles. The molecule has 2 heterocycles. The van der Waals surface area contributed by atoms with Crippen molar-refractivity contribution in [3.8, 4) is 11.8 Å². The number of benzene rings is 1. The molecule has 5 nitrogen and oxygen atoms in total. The lowest BCUT2D eigenvalue weighted by Gasteiger charge is -2.04. The lowest BCUT2D eigenvalue weighted by Crippen LogP contribution is -2.01. The summed E-state index contributed by atoms with van der Waals surface area (Å²) in [6.45, 7) is 1.75. The second-order valence-electron chi connectivity index (χ2n) is 3.97. The number of ether oxygens (including phenoxy) is 1. The highest BCUT2D eigenvalue weighted by molar-refractivity contribution is 5.76. The molecule has 3 rings (SSSR count). The van der Waals surface area contributed by atoms with Crippen LogP contribution in [-0.4, -0.2) is 9.97 Å². The number of hydrogen-bond acceptors (Lipinski definition) is 5. The van der Waals surface area contributed by atoms with E-state index in [-0.39, 0.29) is 11.4 Å². The molecule has 5 heteroatoms. The molecule has 0 saturated carbocycles. The number of hydrogen-bond donors (Lipinski definition) is 0. The van der Waals surface area contributed by atoms with Crippen molar-refractivity contribution >= 4 is 11.0 Å². The smallest absolute Gasteiger partial charge is 0.295 e. The van der Waals surface area contributed by atoms with Gasteiger partial charge in [0.25, 0.3) is 5.95 Å². The number of aryl methyl sites for hydroxylation is 1. The van der Waals surface area contributed by atoms with Gasteiger partial charge in [-0.05, 0) is 19.1 Å². The Morgan fingerprint density at radius 3 is 2.89 bits per heavy atom. The number of aromatic nitrogens is 2. The number of rotatable bonds is 2. The Bertz CT molecular complexity index is 796. The van der Waals surface area contributed by atoms with Gasteiger partial charge in [0.05, 0.1) is 11.5 Å². The minimum Gasteiger partial charge on any atom is -0.425 e. The lowest BCUT2D eigenvalue weighted by molar-refractivity contribution is 0.342. The van der Waals surface area contributed by atoms with E-state index in [1.165, 1.54) is 6.07 Å². The van der Waals surface area contributed by atoms with Crippen LogP contribution >= 0.6 is 0 Å². The maximum absolute atomic E-state index is 11.9. The van der Waals surface area contributed by atoms with Gasteiger partial charge in [0.2, 0.25) is 5.88 Å². The summed E-state index contributed by atoms with van der Waals surface area (Å²) in [6, 6.07) is 9.91. The second kappa shape index (κ2) is 4.53. The zero-order chi connectivity index (χ0) is 13.2. The molecule has 0 spiro atoms. The van der Waals surface area contributed by atoms with Crippen LogP contribution < -0.4 is 10.2 Å². The first-order valence-electron chi connectivity index (χ1n) is 5.73. The average Bonchev–Trinajstić information content (AvgIpc) is 2.39. The predicted molar refractivity (Wildman–Crippen MR) is 69.3 cm³/mol. The Labute approximate surface area is 108 Å².